The van der Waals surface area contributed by atoms with Crippen LogP contribution in [-0.2, 0) is 17.5 Å². The lowest BCUT2D eigenvalue weighted by atomic mass is 9.84. The van der Waals surface area contributed by atoms with Gasteiger partial charge in [-0.1, -0.05) is 18.6 Å². The highest BCUT2D eigenvalue weighted by molar-refractivity contribution is 5.80. The van der Waals surface area contributed by atoms with E-state index in [1.165, 1.54) is 12.5 Å². The van der Waals surface area contributed by atoms with Crippen LogP contribution in [0.25, 0.3) is 0 Å². The molecular formula is C21H30F3N5O. The maximum Gasteiger partial charge on any atom is 0.416 e. The Hall–Kier alpha value is -2.29. The highest BCUT2D eigenvalue weighted by Gasteiger charge is 2.31. The van der Waals surface area contributed by atoms with Crippen LogP contribution < -0.4 is 10.6 Å². The van der Waals surface area contributed by atoms with E-state index in [-0.39, 0.29) is 12.5 Å². The van der Waals surface area contributed by atoms with Crippen LogP contribution in [0.15, 0.2) is 29.3 Å². The number of hydrogen-bond donors (Lipinski definition) is 2. The first-order valence-electron chi connectivity index (χ1n) is 10.5. The monoisotopic (exact) mass is 425 g/mol. The van der Waals surface area contributed by atoms with Crippen molar-refractivity contribution in [3.05, 3.63) is 35.4 Å². The van der Waals surface area contributed by atoms with Crippen LogP contribution in [0.4, 0.5) is 13.2 Å². The first kappa shape index (κ1) is 22.4. The molecule has 1 aliphatic carbocycles. The minimum atomic E-state index is -4.34. The van der Waals surface area contributed by atoms with Crippen LogP contribution in [0.1, 0.15) is 30.4 Å². The molecule has 0 atom stereocenters. The fourth-order valence-corrected chi connectivity index (χ4v) is 3.70. The Morgan fingerprint density at radius 2 is 1.90 bits per heavy atom. The molecule has 0 bridgehead atoms. The van der Waals surface area contributed by atoms with Crippen LogP contribution in [0, 0.1) is 5.92 Å². The van der Waals surface area contributed by atoms with Gasteiger partial charge in [0.2, 0.25) is 5.91 Å². The third-order valence-electron chi connectivity index (χ3n) is 5.80. The molecule has 0 spiro atoms. The van der Waals surface area contributed by atoms with Crippen molar-refractivity contribution in [1.29, 1.82) is 0 Å². The summed E-state index contributed by atoms with van der Waals surface area (Å²) in [5.41, 5.74) is -0.111. The minimum absolute atomic E-state index is 0.254. The predicted molar refractivity (Wildman–Crippen MR) is 110 cm³/mol. The second kappa shape index (κ2) is 10.1. The number of guanidine groups is 1. The standard InChI is InChI=1S/C21H30F3N5O/c1-25-20(27-15-16-4-2-7-18(14-16)21(22,23)24)26-8-9-28-10-12-29(13-11-28)19(30)17-5-3-6-17/h2,4,7,14,17H,3,5-6,8-13,15H2,1H3,(H2,25,26,27). The van der Waals surface area contributed by atoms with Crippen LogP contribution in [0.5, 0.6) is 0 Å². The van der Waals surface area contributed by atoms with Crippen molar-refractivity contribution in [2.75, 3.05) is 46.3 Å². The van der Waals surface area contributed by atoms with Crippen molar-refractivity contribution in [1.82, 2.24) is 20.4 Å². The number of piperazine rings is 1. The Bertz CT molecular complexity index is 740. The van der Waals surface area contributed by atoms with Gasteiger partial charge in [-0.2, -0.15) is 13.2 Å². The minimum Gasteiger partial charge on any atom is -0.355 e. The van der Waals surface area contributed by atoms with Gasteiger partial charge in [-0.25, -0.2) is 0 Å². The first-order valence-corrected chi connectivity index (χ1v) is 10.5. The molecule has 3 rings (SSSR count). The number of rotatable bonds is 6. The number of carbonyl (C=O) groups is 1. The zero-order chi connectivity index (χ0) is 21.6. The molecule has 2 aliphatic rings. The van der Waals surface area contributed by atoms with E-state index in [4.69, 9.17) is 0 Å². The second-order valence-electron chi connectivity index (χ2n) is 7.85. The normalized spacial score (nSPS) is 18.8. The number of benzene rings is 1. The van der Waals surface area contributed by atoms with E-state index < -0.39 is 11.7 Å². The highest BCUT2D eigenvalue weighted by atomic mass is 19.4. The largest absolute Gasteiger partial charge is 0.416 e. The van der Waals surface area contributed by atoms with Crippen molar-refractivity contribution >= 4 is 11.9 Å². The lowest BCUT2D eigenvalue weighted by molar-refractivity contribution is -0.140. The molecular weight excluding hydrogens is 395 g/mol. The van der Waals surface area contributed by atoms with Crippen molar-refractivity contribution in [3.8, 4) is 0 Å². The molecule has 2 fully saturated rings. The third kappa shape index (κ3) is 6.10. The molecule has 1 aromatic carbocycles. The van der Waals surface area contributed by atoms with Gasteiger partial charge in [-0.3, -0.25) is 14.7 Å². The molecule has 1 amide bonds. The molecule has 30 heavy (non-hydrogen) atoms. The highest BCUT2D eigenvalue weighted by Crippen LogP contribution is 2.29. The van der Waals surface area contributed by atoms with Crippen molar-refractivity contribution in [3.63, 3.8) is 0 Å². The van der Waals surface area contributed by atoms with Crippen LogP contribution in [0.2, 0.25) is 0 Å². The molecule has 1 saturated carbocycles. The summed E-state index contributed by atoms with van der Waals surface area (Å²) >= 11 is 0. The Morgan fingerprint density at radius 1 is 1.17 bits per heavy atom. The molecule has 2 N–H and O–H groups in total. The zero-order valence-corrected chi connectivity index (χ0v) is 17.3. The van der Waals surface area contributed by atoms with Gasteiger partial charge < -0.3 is 15.5 Å². The summed E-state index contributed by atoms with van der Waals surface area (Å²) in [6, 6.07) is 5.27. The maximum absolute atomic E-state index is 12.8. The molecule has 0 unspecified atom stereocenters. The van der Waals surface area contributed by atoms with Gasteiger partial charge in [0, 0.05) is 58.8 Å². The number of halogens is 3. The Balaban J connectivity index is 1.36. The van der Waals surface area contributed by atoms with E-state index in [1.54, 1.807) is 13.1 Å². The smallest absolute Gasteiger partial charge is 0.355 e. The number of aliphatic imine (C=N–C) groups is 1. The van der Waals surface area contributed by atoms with Gasteiger partial charge in [0.05, 0.1) is 5.56 Å². The quantitative estimate of drug-likeness (QED) is 0.543. The van der Waals surface area contributed by atoms with Gasteiger partial charge in [-0.15, -0.1) is 0 Å². The fraction of sp³-hybridized carbons (Fsp3) is 0.619. The summed E-state index contributed by atoms with van der Waals surface area (Å²) in [6.45, 7) is 5.00. The van der Waals surface area contributed by atoms with E-state index in [9.17, 15) is 18.0 Å². The maximum atomic E-state index is 12.8. The summed E-state index contributed by atoms with van der Waals surface area (Å²) < 4.78 is 38.5. The Labute approximate surface area is 175 Å². The third-order valence-corrected chi connectivity index (χ3v) is 5.80. The molecule has 166 valence electrons. The van der Waals surface area contributed by atoms with E-state index >= 15 is 0 Å². The molecule has 1 saturated heterocycles. The van der Waals surface area contributed by atoms with Gasteiger partial charge in [0.25, 0.3) is 0 Å². The van der Waals surface area contributed by atoms with Gasteiger partial charge in [0.1, 0.15) is 0 Å². The molecule has 6 nitrogen and oxygen atoms in total. The summed E-state index contributed by atoms with van der Waals surface area (Å²) in [7, 11) is 1.63. The predicted octanol–water partition coefficient (Wildman–Crippen LogP) is 2.31. The van der Waals surface area contributed by atoms with Gasteiger partial charge in [0.15, 0.2) is 5.96 Å². The number of hydrogen-bond acceptors (Lipinski definition) is 3. The number of nitrogens with one attached hydrogen (secondary N) is 2. The van der Waals surface area contributed by atoms with Gasteiger partial charge >= 0.3 is 6.18 Å². The summed E-state index contributed by atoms with van der Waals surface area (Å²) in [6.07, 6.45) is -1.10. The summed E-state index contributed by atoms with van der Waals surface area (Å²) in [4.78, 5) is 20.7. The molecule has 0 aromatic heterocycles. The number of carbonyl (C=O) groups excluding carboxylic acids is 1. The van der Waals surface area contributed by atoms with Crippen LogP contribution >= 0.6 is 0 Å². The summed E-state index contributed by atoms with van der Waals surface area (Å²) in [5.74, 6) is 1.12. The Kier molecular flexibility index (Phi) is 7.58. The second-order valence-corrected chi connectivity index (χ2v) is 7.85. The zero-order valence-electron chi connectivity index (χ0n) is 17.3. The van der Waals surface area contributed by atoms with Crippen LogP contribution in [-0.4, -0.2) is 68.0 Å². The average molecular weight is 425 g/mol. The fourth-order valence-electron chi connectivity index (χ4n) is 3.70. The molecule has 0 radical (unpaired) electrons. The van der Waals surface area contributed by atoms with Crippen molar-refractivity contribution < 1.29 is 18.0 Å². The topological polar surface area (TPSA) is 60.0 Å². The van der Waals surface area contributed by atoms with Crippen LogP contribution in [0.3, 0.4) is 0 Å². The van der Waals surface area contributed by atoms with E-state index in [0.717, 1.165) is 57.7 Å². The van der Waals surface area contributed by atoms with E-state index in [0.29, 0.717) is 24.0 Å². The van der Waals surface area contributed by atoms with Gasteiger partial charge in [-0.05, 0) is 30.5 Å². The molecule has 1 aliphatic heterocycles. The SMILES string of the molecule is CN=C(NCCN1CCN(C(=O)C2CCC2)CC1)NCc1cccc(C(F)(F)F)c1. The number of nitrogens with zero attached hydrogens (tertiary/aromatic N) is 3. The van der Waals surface area contributed by atoms with Crippen molar-refractivity contribution in [2.45, 2.75) is 32.0 Å². The first-order chi connectivity index (χ1) is 14.4. The van der Waals surface area contributed by atoms with E-state index in [1.807, 2.05) is 4.90 Å². The van der Waals surface area contributed by atoms with E-state index in [2.05, 4.69) is 20.5 Å². The lowest BCUT2D eigenvalue weighted by Gasteiger charge is -2.38. The van der Waals surface area contributed by atoms with Crippen molar-refractivity contribution in [2.24, 2.45) is 10.9 Å². The lowest BCUT2D eigenvalue weighted by Crippen LogP contribution is -2.52. The average Bonchev–Trinajstić information content (AvgIpc) is 2.69. The number of amides is 1. The Morgan fingerprint density at radius 3 is 2.50 bits per heavy atom. The molecule has 1 aromatic rings. The summed E-state index contributed by atoms with van der Waals surface area (Å²) in [5, 5.41) is 6.25. The molecule has 1 heterocycles. The molecule has 9 heteroatoms. The number of alkyl halides is 3.